The maximum absolute atomic E-state index is 12.5. The number of furan rings is 1. The van der Waals surface area contributed by atoms with Crippen molar-refractivity contribution in [2.75, 3.05) is 13.6 Å². The second kappa shape index (κ2) is 10.2. The minimum absolute atomic E-state index is 0.343. The zero-order chi connectivity index (χ0) is 20.4. The number of hydrogen-bond donors (Lipinski definition) is 3. The fraction of sp³-hybridized carbons (Fsp3) is 0.294. The van der Waals surface area contributed by atoms with E-state index in [0.29, 0.717) is 24.5 Å². The van der Waals surface area contributed by atoms with Crippen molar-refractivity contribution < 1.29 is 42.1 Å². The van der Waals surface area contributed by atoms with Gasteiger partial charge in [-0.15, -0.1) is 0 Å². The number of carboxylic acid groups (broad SMARTS) is 2. The topological polar surface area (TPSA) is 109 Å². The Hall–Kier alpha value is -3.01. The van der Waals surface area contributed by atoms with Crippen molar-refractivity contribution in [3.8, 4) is 5.75 Å². The van der Waals surface area contributed by atoms with E-state index >= 15 is 0 Å². The average Bonchev–Trinajstić information content (AvgIpc) is 3.13. The average molecular weight is 389 g/mol. The number of aliphatic carboxylic acids is 2. The third kappa shape index (κ3) is 7.82. The van der Waals surface area contributed by atoms with Gasteiger partial charge in [0, 0.05) is 6.42 Å². The zero-order valence-electron chi connectivity index (χ0n) is 14.2. The molecule has 0 aliphatic carbocycles. The number of ether oxygens (including phenoxy) is 1. The second-order valence-corrected chi connectivity index (χ2v) is 5.15. The number of alkyl halides is 3. The summed E-state index contributed by atoms with van der Waals surface area (Å²) < 4.78 is 48.6. The van der Waals surface area contributed by atoms with E-state index in [0.717, 1.165) is 12.1 Å². The van der Waals surface area contributed by atoms with E-state index in [-0.39, 0.29) is 6.10 Å². The molecule has 1 unspecified atom stereocenters. The summed E-state index contributed by atoms with van der Waals surface area (Å²) in [5.74, 6) is -2.63. The Balaban J connectivity index is 0.000000527. The van der Waals surface area contributed by atoms with Gasteiger partial charge in [-0.2, -0.15) is 13.2 Å². The maximum Gasteiger partial charge on any atom is 0.416 e. The summed E-state index contributed by atoms with van der Waals surface area (Å²) in [7, 11) is 1.82. The molecule has 148 valence electrons. The zero-order valence-corrected chi connectivity index (χ0v) is 14.2. The molecule has 2 rings (SSSR count). The largest absolute Gasteiger partial charge is 0.482 e. The van der Waals surface area contributed by atoms with Crippen LogP contribution in [0.25, 0.3) is 0 Å². The Morgan fingerprint density at radius 1 is 1.15 bits per heavy atom. The molecule has 3 N–H and O–H groups in total. The SMILES string of the molecule is CNCCC(Oc1ccc(C(F)(F)F)cc1)c1ccco1.O=C(O)C(=O)O. The molecule has 0 saturated carbocycles. The maximum atomic E-state index is 12.5. The summed E-state index contributed by atoms with van der Waals surface area (Å²) in [6.07, 6.45) is -2.50. The van der Waals surface area contributed by atoms with Gasteiger partial charge >= 0.3 is 18.1 Å². The van der Waals surface area contributed by atoms with Crippen LogP contribution in [0.4, 0.5) is 13.2 Å². The first-order valence-corrected chi connectivity index (χ1v) is 7.63. The molecule has 0 radical (unpaired) electrons. The van der Waals surface area contributed by atoms with Crippen LogP contribution in [0.5, 0.6) is 5.75 Å². The van der Waals surface area contributed by atoms with Gasteiger partial charge in [-0.1, -0.05) is 0 Å². The van der Waals surface area contributed by atoms with Gasteiger partial charge in [-0.3, -0.25) is 0 Å². The first-order valence-electron chi connectivity index (χ1n) is 7.63. The van der Waals surface area contributed by atoms with Gasteiger partial charge in [-0.25, -0.2) is 9.59 Å². The minimum atomic E-state index is -4.34. The second-order valence-electron chi connectivity index (χ2n) is 5.15. The molecule has 1 aromatic heterocycles. The summed E-state index contributed by atoms with van der Waals surface area (Å²) >= 11 is 0. The van der Waals surface area contributed by atoms with Crippen LogP contribution in [0.1, 0.15) is 23.8 Å². The molecule has 0 saturated heterocycles. The molecule has 27 heavy (non-hydrogen) atoms. The fourth-order valence-corrected chi connectivity index (χ4v) is 1.90. The van der Waals surface area contributed by atoms with E-state index in [1.807, 2.05) is 7.05 Å². The lowest BCUT2D eigenvalue weighted by atomic mass is 10.2. The van der Waals surface area contributed by atoms with Crippen molar-refractivity contribution in [3.05, 3.63) is 54.0 Å². The predicted octanol–water partition coefficient (Wildman–Crippen LogP) is 3.18. The Kier molecular flexibility index (Phi) is 8.34. The summed E-state index contributed by atoms with van der Waals surface area (Å²) in [5, 5.41) is 17.8. The van der Waals surface area contributed by atoms with Crippen LogP contribution >= 0.6 is 0 Å². The third-order valence-electron chi connectivity index (χ3n) is 3.16. The molecular formula is C17H18F3NO6. The van der Waals surface area contributed by atoms with E-state index in [9.17, 15) is 13.2 Å². The summed E-state index contributed by atoms with van der Waals surface area (Å²) in [6.45, 7) is 0.700. The van der Waals surface area contributed by atoms with Crippen LogP contribution in [-0.4, -0.2) is 35.7 Å². The first kappa shape index (κ1) is 22.0. The highest BCUT2D eigenvalue weighted by atomic mass is 19.4. The van der Waals surface area contributed by atoms with Crippen molar-refractivity contribution in [1.29, 1.82) is 0 Å². The number of nitrogens with one attached hydrogen (secondary N) is 1. The Labute approximate surface area is 152 Å². The van der Waals surface area contributed by atoms with Crippen LogP contribution < -0.4 is 10.1 Å². The lowest BCUT2D eigenvalue weighted by Crippen LogP contribution is -2.16. The van der Waals surface area contributed by atoms with Gasteiger partial charge in [0.15, 0.2) is 6.10 Å². The van der Waals surface area contributed by atoms with Crippen molar-refractivity contribution in [1.82, 2.24) is 5.32 Å². The fourth-order valence-electron chi connectivity index (χ4n) is 1.90. The van der Waals surface area contributed by atoms with Gasteiger partial charge in [0.2, 0.25) is 0 Å². The molecule has 1 atom stereocenters. The predicted molar refractivity (Wildman–Crippen MR) is 87.3 cm³/mol. The normalized spacial score (nSPS) is 11.9. The van der Waals surface area contributed by atoms with Crippen LogP contribution in [-0.2, 0) is 15.8 Å². The van der Waals surface area contributed by atoms with Crippen LogP contribution in [0.15, 0.2) is 47.1 Å². The molecule has 0 bridgehead atoms. The number of benzene rings is 1. The minimum Gasteiger partial charge on any atom is -0.482 e. The smallest absolute Gasteiger partial charge is 0.416 e. The highest BCUT2D eigenvalue weighted by Crippen LogP contribution is 2.31. The number of carboxylic acids is 2. The molecule has 2 aromatic rings. The Morgan fingerprint density at radius 2 is 1.74 bits per heavy atom. The molecule has 0 fully saturated rings. The number of rotatable bonds is 6. The standard InChI is InChI=1S/C15H16F3NO2.C2H2O4/c1-19-9-8-14(13-3-2-10-20-13)21-12-6-4-11(5-7-12)15(16,17)18;3-1(4)2(5)6/h2-7,10,14,19H,8-9H2,1H3;(H,3,4)(H,5,6). The van der Waals surface area contributed by atoms with E-state index in [1.54, 1.807) is 12.1 Å². The van der Waals surface area contributed by atoms with Gasteiger partial charge in [0.05, 0.1) is 11.8 Å². The van der Waals surface area contributed by atoms with Crippen molar-refractivity contribution in [3.63, 3.8) is 0 Å². The van der Waals surface area contributed by atoms with Crippen LogP contribution in [0.3, 0.4) is 0 Å². The summed E-state index contributed by atoms with van der Waals surface area (Å²) in [5.41, 5.74) is -0.695. The Bertz CT molecular complexity index is 701. The molecule has 0 spiro atoms. The molecule has 1 heterocycles. The van der Waals surface area contributed by atoms with Gasteiger partial charge in [0.25, 0.3) is 0 Å². The van der Waals surface area contributed by atoms with Crippen LogP contribution in [0, 0.1) is 0 Å². The first-order chi connectivity index (χ1) is 12.6. The third-order valence-corrected chi connectivity index (χ3v) is 3.16. The number of halogens is 3. The van der Waals surface area contributed by atoms with Crippen LogP contribution in [0.2, 0.25) is 0 Å². The molecular weight excluding hydrogens is 371 g/mol. The van der Waals surface area contributed by atoms with Gasteiger partial charge in [-0.05, 0) is 50.0 Å². The highest BCUT2D eigenvalue weighted by Gasteiger charge is 2.30. The highest BCUT2D eigenvalue weighted by molar-refractivity contribution is 6.27. The van der Waals surface area contributed by atoms with Crippen molar-refractivity contribution in [2.24, 2.45) is 0 Å². The molecule has 10 heteroatoms. The van der Waals surface area contributed by atoms with Crippen molar-refractivity contribution in [2.45, 2.75) is 18.7 Å². The van der Waals surface area contributed by atoms with E-state index in [1.165, 1.54) is 18.4 Å². The van der Waals surface area contributed by atoms with Gasteiger partial charge in [0.1, 0.15) is 11.5 Å². The van der Waals surface area contributed by atoms with Crippen molar-refractivity contribution >= 4 is 11.9 Å². The monoisotopic (exact) mass is 389 g/mol. The molecule has 0 amide bonds. The van der Waals surface area contributed by atoms with E-state index in [4.69, 9.17) is 29.0 Å². The van der Waals surface area contributed by atoms with Gasteiger partial charge < -0.3 is 24.7 Å². The Morgan fingerprint density at radius 3 is 2.15 bits per heavy atom. The molecule has 0 aliphatic heterocycles. The molecule has 7 nitrogen and oxygen atoms in total. The number of carbonyl (C=O) groups is 2. The molecule has 1 aromatic carbocycles. The quantitative estimate of drug-likeness (QED) is 0.651. The lowest BCUT2D eigenvalue weighted by Gasteiger charge is -2.17. The summed E-state index contributed by atoms with van der Waals surface area (Å²) in [4.78, 5) is 18.2. The lowest BCUT2D eigenvalue weighted by molar-refractivity contribution is -0.159. The van der Waals surface area contributed by atoms with E-state index in [2.05, 4.69) is 5.32 Å². The summed E-state index contributed by atoms with van der Waals surface area (Å²) in [6, 6.07) is 8.18. The van der Waals surface area contributed by atoms with E-state index < -0.39 is 23.7 Å². The molecule has 0 aliphatic rings. The number of hydrogen-bond acceptors (Lipinski definition) is 5.